The van der Waals surface area contributed by atoms with Crippen LogP contribution in [0.2, 0.25) is 0 Å². The van der Waals surface area contributed by atoms with E-state index in [2.05, 4.69) is 29.8 Å². The van der Waals surface area contributed by atoms with Crippen molar-refractivity contribution in [1.29, 1.82) is 0 Å². The summed E-state index contributed by atoms with van der Waals surface area (Å²) in [5.41, 5.74) is -0.492. The van der Waals surface area contributed by atoms with Gasteiger partial charge in [-0.15, -0.1) is 0 Å². The van der Waals surface area contributed by atoms with E-state index < -0.39 is 11.7 Å². The SMILES string of the molecule is CCNC(=O)CNCC(CNC(=O)OC(C)(C)C)C(C)C. The van der Waals surface area contributed by atoms with E-state index in [1.54, 1.807) is 0 Å². The number of hydrogen-bond acceptors (Lipinski definition) is 4. The van der Waals surface area contributed by atoms with E-state index in [9.17, 15) is 9.59 Å². The highest BCUT2D eigenvalue weighted by Crippen LogP contribution is 2.10. The molecule has 0 spiro atoms. The Morgan fingerprint density at radius 3 is 2.19 bits per heavy atom. The van der Waals surface area contributed by atoms with Gasteiger partial charge < -0.3 is 20.7 Å². The smallest absolute Gasteiger partial charge is 0.407 e. The molecule has 0 bridgehead atoms. The van der Waals surface area contributed by atoms with E-state index in [0.717, 1.165) is 0 Å². The molecule has 6 nitrogen and oxygen atoms in total. The number of amides is 2. The monoisotopic (exact) mass is 301 g/mol. The van der Waals surface area contributed by atoms with Crippen molar-refractivity contribution >= 4 is 12.0 Å². The van der Waals surface area contributed by atoms with Gasteiger partial charge in [-0.1, -0.05) is 13.8 Å². The largest absolute Gasteiger partial charge is 0.444 e. The molecule has 0 aromatic carbocycles. The van der Waals surface area contributed by atoms with Gasteiger partial charge in [-0.3, -0.25) is 4.79 Å². The first-order chi connectivity index (χ1) is 9.65. The maximum Gasteiger partial charge on any atom is 0.407 e. The number of likely N-dealkylation sites (N-methyl/N-ethyl adjacent to an activating group) is 1. The van der Waals surface area contributed by atoms with Crippen LogP contribution in [0.5, 0.6) is 0 Å². The van der Waals surface area contributed by atoms with E-state index in [0.29, 0.717) is 32.1 Å². The standard InChI is InChI=1S/C15H31N3O3/c1-7-17-13(19)10-16-8-12(11(2)3)9-18-14(20)21-15(4,5)6/h11-12,16H,7-10H2,1-6H3,(H,17,19)(H,18,20). The maximum absolute atomic E-state index is 11.6. The van der Waals surface area contributed by atoms with Crippen LogP contribution in [-0.2, 0) is 9.53 Å². The van der Waals surface area contributed by atoms with Gasteiger partial charge >= 0.3 is 6.09 Å². The van der Waals surface area contributed by atoms with Gasteiger partial charge in [0.2, 0.25) is 5.91 Å². The summed E-state index contributed by atoms with van der Waals surface area (Å²) in [5, 5.41) is 8.63. The van der Waals surface area contributed by atoms with Gasteiger partial charge in [-0.25, -0.2) is 4.79 Å². The molecule has 0 heterocycles. The van der Waals surface area contributed by atoms with Gasteiger partial charge in [0.25, 0.3) is 0 Å². The predicted octanol–water partition coefficient (Wildman–Crippen LogP) is 1.51. The minimum absolute atomic E-state index is 0.0138. The van der Waals surface area contributed by atoms with Gasteiger partial charge in [-0.05, 0) is 39.5 Å². The number of ether oxygens (including phenoxy) is 1. The summed E-state index contributed by atoms with van der Waals surface area (Å²) in [4.78, 5) is 23.0. The molecule has 0 aromatic heterocycles. The second-order valence-corrected chi connectivity index (χ2v) is 6.47. The van der Waals surface area contributed by atoms with Crippen molar-refractivity contribution in [3.63, 3.8) is 0 Å². The first-order valence-corrected chi connectivity index (χ1v) is 7.60. The van der Waals surface area contributed by atoms with Gasteiger partial charge in [-0.2, -0.15) is 0 Å². The molecule has 3 N–H and O–H groups in total. The second kappa shape index (κ2) is 9.60. The molecule has 0 saturated heterocycles. The van der Waals surface area contributed by atoms with Crippen LogP contribution in [0.1, 0.15) is 41.5 Å². The fourth-order valence-corrected chi connectivity index (χ4v) is 1.70. The summed E-state index contributed by atoms with van der Waals surface area (Å²) in [6.45, 7) is 13.7. The quantitative estimate of drug-likeness (QED) is 0.635. The zero-order valence-corrected chi connectivity index (χ0v) is 14.2. The Hall–Kier alpha value is -1.30. The molecule has 0 rings (SSSR count). The van der Waals surface area contributed by atoms with Crippen LogP contribution in [0.4, 0.5) is 4.79 Å². The highest BCUT2D eigenvalue weighted by Gasteiger charge is 2.19. The zero-order valence-electron chi connectivity index (χ0n) is 14.2. The zero-order chi connectivity index (χ0) is 16.5. The van der Waals surface area contributed by atoms with Gasteiger partial charge in [0.05, 0.1) is 6.54 Å². The number of rotatable bonds is 8. The molecule has 124 valence electrons. The third-order valence-electron chi connectivity index (χ3n) is 2.92. The van der Waals surface area contributed by atoms with E-state index in [1.165, 1.54) is 0 Å². The van der Waals surface area contributed by atoms with Crippen molar-refractivity contribution in [1.82, 2.24) is 16.0 Å². The van der Waals surface area contributed by atoms with Crippen LogP contribution >= 0.6 is 0 Å². The molecule has 1 unspecified atom stereocenters. The minimum Gasteiger partial charge on any atom is -0.444 e. The molecule has 0 aliphatic heterocycles. The van der Waals surface area contributed by atoms with Gasteiger partial charge in [0.1, 0.15) is 5.60 Å². The van der Waals surface area contributed by atoms with Crippen molar-refractivity contribution in [2.45, 2.75) is 47.1 Å². The maximum atomic E-state index is 11.6. The number of carbonyl (C=O) groups excluding carboxylic acids is 2. The topological polar surface area (TPSA) is 79.5 Å². The lowest BCUT2D eigenvalue weighted by atomic mass is 9.96. The van der Waals surface area contributed by atoms with Crippen molar-refractivity contribution in [2.24, 2.45) is 11.8 Å². The Kier molecular flexibility index (Phi) is 9.01. The lowest BCUT2D eigenvalue weighted by Gasteiger charge is -2.24. The lowest BCUT2D eigenvalue weighted by Crippen LogP contribution is -2.41. The second-order valence-electron chi connectivity index (χ2n) is 6.47. The van der Waals surface area contributed by atoms with Crippen molar-refractivity contribution < 1.29 is 14.3 Å². The summed E-state index contributed by atoms with van der Waals surface area (Å²) in [6.07, 6.45) is -0.406. The highest BCUT2D eigenvalue weighted by molar-refractivity contribution is 5.77. The fraction of sp³-hybridized carbons (Fsp3) is 0.867. The number of carbonyl (C=O) groups is 2. The summed E-state index contributed by atoms with van der Waals surface area (Å²) < 4.78 is 5.21. The lowest BCUT2D eigenvalue weighted by molar-refractivity contribution is -0.120. The van der Waals surface area contributed by atoms with E-state index in [1.807, 2.05) is 27.7 Å². The number of nitrogens with one attached hydrogen (secondary N) is 3. The van der Waals surface area contributed by atoms with Gasteiger partial charge in [0.15, 0.2) is 0 Å². The Morgan fingerprint density at radius 2 is 1.71 bits per heavy atom. The van der Waals surface area contributed by atoms with E-state index >= 15 is 0 Å². The van der Waals surface area contributed by atoms with Gasteiger partial charge in [0, 0.05) is 19.6 Å². The molecule has 2 amide bonds. The molecule has 6 heteroatoms. The summed E-state index contributed by atoms with van der Waals surface area (Å²) in [6, 6.07) is 0. The molecule has 0 aliphatic rings. The van der Waals surface area contributed by atoms with Crippen LogP contribution in [0.3, 0.4) is 0 Å². The van der Waals surface area contributed by atoms with E-state index in [4.69, 9.17) is 4.74 Å². The molecular weight excluding hydrogens is 270 g/mol. The van der Waals surface area contributed by atoms with Crippen LogP contribution in [0.25, 0.3) is 0 Å². The first kappa shape index (κ1) is 19.7. The van der Waals surface area contributed by atoms with Crippen molar-refractivity contribution in [3.05, 3.63) is 0 Å². The highest BCUT2D eigenvalue weighted by atomic mass is 16.6. The van der Waals surface area contributed by atoms with Crippen LogP contribution in [0.15, 0.2) is 0 Å². The summed E-state index contributed by atoms with van der Waals surface area (Å²) in [5.74, 6) is 0.619. The molecule has 1 atom stereocenters. The first-order valence-electron chi connectivity index (χ1n) is 7.60. The minimum atomic E-state index is -0.492. The van der Waals surface area contributed by atoms with E-state index in [-0.39, 0.29) is 11.8 Å². The van der Waals surface area contributed by atoms with Crippen molar-refractivity contribution in [3.8, 4) is 0 Å². The van der Waals surface area contributed by atoms with Crippen molar-refractivity contribution in [2.75, 3.05) is 26.2 Å². The molecular formula is C15H31N3O3. The summed E-state index contributed by atoms with van der Waals surface area (Å²) >= 11 is 0. The predicted molar refractivity (Wildman–Crippen MR) is 84.1 cm³/mol. The van der Waals surface area contributed by atoms with Crippen LogP contribution in [0, 0.1) is 11.8 Å². The summed E-state index contributed by atoms with van der Waals surface area (Å²) in [7, 11) is 0. The average Bonchev–Trinajstić information content (AvgIpc) is 2.31. The molecule has 0 fully saturated rings. The number of hydrogen-bond donors (Lipinski definition) is 3. The Balaban J connectivity index is 4.08. The Morgan fingerprint density at radius 1 is 1.10 bits per heavy atom. The molecule has 21 heavy (non-hydrogen) atoms. The fourth-order valence-electron chi connectivity index (χ4n) is 1.70. The third-order valence-corrected chi connectivity index (χ3v) is 2.92. The molecule has 0 radical (unpaired) electrons. The van der Waals surface area contributed by atoms with Crippen LogP contribution < -0.4 is 16.0 Å². The Labute approximate surface area is 128 Å². The average molecular weight is 301 g/mol. The number of alkyl carbamates (subject to hydrolysis) is 1. The normalized spacial score (nSPS) is 12.9. The molecule has 0 aliphatic carbocycles. The Bertz CT molecular complexity index is 325. The molecule has 0 saturated carbocycles. The third kappa shape index (κ3) is 11.1. The molecule has 0 aromatic rings. The van der Waals surface area contributed by atoms with Crippen LogP contribution in [-0.4, -0.2) is 43.8 Å².